The normalized spacial score (nSPS) is 11.5. The van der Waals surface area contributed by atoms with Crippen molar-refractivity contribution in [3.63, 3.8) is 0 Å². The Morgan fingerprint density at radius 2 is 1.64 bits per heavy atom. The number of halogens is 1. The molecule has 2 aromatic carbocycles. The zero-order chi connectivity index (χ0) is 15.7. The number of aromatic nitrogens is 3. The van der Waals surface area contributed by atoms with E-state index in [1.54, 1.807) is 6.92 Å². The molecule has 0 aliphatic carbocycles. The summed E-state index contributed by atoms with van der Waals surface area (Å²) < 4.78 is 26.8. The number of sulfone groups is 1. The van der Waals surface area contributed by atoms with Crippen LogP contribution in [-0.2, 0) is 9.84 Å². The summed E-state index contributed by atoms with van der Waals surface area (Å²) in [4.78, 5) is 0.139. The van der Waals surface area contributed by atoms with Gasteiger partial charge in [0.2, 0.25) is 14.9 Å². The lowest BCUT2D eigenvalue weighted by atomic mass is 10.3. The van der Waals surface area contributed by atoms with Crippen molar-refractivity contribution >= 4 is 21.4 Å². The molecule has 0 N–H and O–H groups in total. The van der Waals surface area contributed by atoms with E-state index in [4.69, 9.17) is 11.6 Å². The van der Waals surface area contributed by atoms with Crippen LogP contribution < -0.4 is 0 Å². The summed E-state index contributed by atoms with van der Waals surface area (Å²) in [6.45, 7) is 1.68. The van der Waals surface area contributed by atoms with E-state index in [-0.39, 0.29) is 9.92 Å². The first kappa shape index (κ1) is 14.7. The molecule has 3 aromatic rings. The van der Waals surface area contributed by atoms with E-state index in [1.165, 1.54) is 28.9 Å². The second kappa shape index (κ2) is 5.55. The lowest BCUT2D eigenvalue weighted by Gasteiger charge is -2.04. The standard InChI is InChI=1S/C15H12ClN3O2S/c1-11-15(17-18-19(11)13-5-3-2-4-6-13)22(20,21)14-9-7-12(16)8-10-14/h2-10H,1H3. The van der Waals surface area contributed by atoms with Crippen LogP contribution in [0.2, 0.25) is 5.02 Å². The third-order valence-electron chi connectivity index (χ3n) is 3.23. The zero-order valence-electron chi connectivity index (χ0n) is 11.6. The van der Waals surface area contributed by atoms with E-state index in [9.17, 15) is 8.42 Å². The highest BCUT2D eigenvalue weighted by Crippen LogP contribution is 2.24. The second-order valence-electron chi connectivity index (χ2n) is 4.68. The van der Waals surface area contributed by atoms with Gasteiger partial charge >= 0.3 is 0 Å². The van der Waals surface area contributed by atoms with Crippen LogP contribution in [0.15, 0.2) is 64.5 Å². The molecule has 1 aromatic heterocycles. The summed E-state index contributed by atoms with van der Waals surface area (Å²) in [6, 6.07) is 15.2. The van der Waals surface area contributed by atoms with Gasteiger partial charge in [0, 0.05) is 5.02 Å². The van der Waals surface area contributed by atoms with Gasteiger partial charge in [-0.25, -0.2) is 13.1 Å². The minimum atomic E-state index is -3.73. The summed E-state index contributed by atoms with van der Waals surface area (Å²) in [6.07, 6.45) is 0. The Morgan fingerprint density at radius 1 is 1.00 bits per heavy atom. The van der Waals surface area contributed by atoms with E-state index >= 15 is 0 Å². The first-order chi connectivity index (χ1) is 10.5. The van der Waals surface area contributed by atoms with Crippen molar-refractivity contribution in [2.75, 3.05) is 0 Å². The molecular weight excluding hydrogens is 322 g/mol. The summed E-state index contributed by atoms with van der Waals surface area (Å²) in [5.74, 6) is 0. The summed E-state index contributed by atoms with van der Waals surface area (Å²) in [5.41, 5.74) is 1.21. The van der Waals surface area contributed by atoms with Crippen molar-refractivity contribution in [2.45, 2.75) is 16.8 Å². The second-order valence-corrected chi connectivity index (χ2v) is 6.99. The van der Waals surface area contributed by atoms with Crippen LogP contribution in [0.4, 0.5) is 0 Å². The van der Waals surface area contributed by atoms with Crippen LogP contribution >= 0.6 is 11.6 Å². The highest BCUT2D eigenvalue weighted by atomic mass is 35.5. The number of para-hydroxylation sites is 1. The van der Waals surface area contributed by atoms with Crippen molar-refractivity contribution in [2.24, 2.45) is 0 Å². The van der Waals surface area contributed by atoms with E-state index in [2.05, 4.69) is 10.3 Å². The van der Waals surface area contributed by atoms with Crippen LogP contribution in [0.3, 0.4) is 0 Å². The average Bonchev–Trinajstić information content (AvgIpc) is 2.91. The van der Waals surface area contributed by atoms with Crippen molar-refractivity contribution in [1.29, 1.82) is 0 Å². The summed E-state index contributed by atoms with van der Waals surface area (Å²) in [5, 5.41) is 8.23. The highest BCUT2D eigenvalue weighted by molar-refractivity contribution is 7.91. The molecule has 0 amide bonds. The molecule has 0 atom stereocenters. The first-order valence-corrected chi connectivity index (χ1v) is 8.34. The van der Waals surface area contributed by atoms with Gasteiger partial charge in [-0.3, -0.25) is 0 Å². The predicted octanol–water partition coefficient (Wildman–Crippen LogP) is 3.06. The number of nitrogens with zero attached hydrogens (tertiary/aromatic N) is 3. The average molecular weight is 334 g/mol. The molecule has 22 heavy (non-hydrogen) atoms. The molecule has 3 rings (SSSR count). The molecule has 0 aliphatic heterocycles. The van der Waals surface area contributed by atoms with Crippen molar-refractivity contribution < 1.29 is 8.42 Å². The molecule has 0 saturated heterocycles. The van der Waals surface area contributed by atoms with Gasteiger partial charge in [-0.2, -0.15) is 0 Å². The lowest BCUT2D eigenvalue weighted by molar-refractivity contribution is 0.591. The Hall–Kier alpha value is -2.18. The minimum absolute atomic E-state index is 0.0568. The Morgan fingerprint density at radius 3 is 2.27 bits per heavy atom. The predicted molar refractivity (Wildman–Crippen MR) is 83.0 cm³/mol. The van der Waals surface area contributed by atoms with Crippen molar-refractivity contribution in [1.82, 2.24) is 15.0 Å². The van der Waals surface area contributed by atoms with Crippen molar-refractivity contribution in [3.8, 4) is 5.69 Å². The maximum atomic E-state index is 12.7. The van der Waals surface area contributed by atoms with E-state index in [0.717, 1.165) is 5.69 Å². The smallest absolute Gasteiger partial charge is 0.217 e. The maximum absolute atomic E-state index is 12.7. The van der Waals surface area contributed by atoms with Crippen LogP contribution in [0.1, 0.15) is 5.69 Å². The van der Waals surface area contributed by atoms with Gasteiger partial charge in [-0.05, 0) is 43.3 Å². The quantitative estimate of drug-likeness (QED) is 0.739. The van der Waals surface area contributed by atoms with Gasteiger partial charge < -0.3 is 0 Å². The highest BCUT2D eigenvalue weighted by Gasteiger charge is 2.25. The molecule has 0 aliphatic rings. The SMILES string of the molecule is Cc1c(S(=O)(=O)c2ccc(Cl)cc2)nnn1-c1ccccc1. The van der Waals surface area contributed by atoms with Crippen molar-refractivity contribution in [3.05, 3.63) is 65.3 Å². The third kappa shape index (κ3) is 2.51. The Labute approximate surface area is 133 Å². The molecule has 5 nitrogen and oxygen atoms in total. The molecule has 1 heterocycles. The number of benzene rings is 2. The molecule has 0 saturated carbocycles. The Bertz CT molecular complexity index is 904. The molecule has 112 valence electrons. The molecule has 0 unspecified atom stereocenters. The van der Waals surface area contributed by atoms with Crippen LogP contribution in [0.25, 0.3) is 5.69 Å². The summed E-state index contributed by atoms with van der Waals surface area (Å²) in [7, 11) is -3.73. The third-order valence-corrected chi connectivity index (χ3v) is 5.26. The van der Waals surface area contributed by atoms with E-state index in [0.29, 0.717) is 10.7 Å². The van der Waals surface area contributed by atoms with Gasteiger partial charge in [0.05, 0.1) is 16.3 Å². The summed E-state index contributed by atoms with van der Waals surface area (Å²) >= 11 is 5.80. The minimum Gasteiger partial charge on any atom is -0.217 e. The lowest BCUT2D eigenvalue weighted by Crippen LogP contribution is -2.05. The van der Waals surface area contributed by atoms with Gasteiger partial charge in [0.15, 0.2) is 0 Å². The maximum Gasteiger partial charge on any atom is 0.227 e. The van der Waals surface area contributed by atoms with Gasteiger partial charge in [-0.1, -0.05) is 35.0 Å². The van der Waals surface area contributed by atoms with Crippen LogP contribution in [-0.4, -0.2) is 23.4 Å². The first-order valence-electron chi connectivity index (χ1n) is 6.48. The zero-order valence-corrected chi connectivity index (χ0v) is 13.2. The fourth-order valence-electron chi connectivity index (χ4n) is 2.10. The number of rotatable bonds is 3. The topological polar surface area (TPSA) is 64.8 Å². The molecule has 0 radical (unpaired) electrons. The fraction of sp³-hybridized carbons (Fsp3) is 0.0667. The fourth-order valence-corrected chi connectivity index (χ4v) is 3.57. The van der Waals surface area contributed by atoms with Crippen LogP contribution in [0.5, 0.6) is 0 Å². The van der Waals surface area contributed by atoms with Gasteiger partial charge in [0.25, 0.3) is 0 Å². The van der Waals surface area contributed by atoms with Gasteiger partial charge in [-0.15, -0.1) is 5.10 Å². The molecule has 0 spiro atoms. The largest absolute Gasteiger partial charge is 0.227 e. The number of hydrogen-bond donors (Lipinski definition) is 0. The van der Waals surface area contributed by atoms with E-state index < -0.39 is 9.84 Å². The Balaban J connectivity index is 2.10. The molecule has 0 fully saturated rings. The molecular formula is C15H12ClN3O2S. The molecule has 7 heteroatoms. The van der Waals surface area contributed by atoms with E-state index in [1.807, 2.05) is 30.3 Å². The van der Waals surface area contributed by atoms with Crippen LogP contribution in [0, 0.1) is 6.92 Å². The number of hydrogen-bond acceptors (Lipinski definition) is 4. The monoisotopic (exact) mass is 333 g/mol. The molecule has 0 bridgehead atoms. The van der Waals surface area contributed by atoms with Gasteiger partial charge in [0.1, 0.15) is 0 Å². The Kier molecular flexibility index (Phi) is 3.72.